The molecule has 1 atom stereocenters. The van der Waals surface area contributed by atoms with Crippen molar-refractivity contribution in [1.29, 1.82) is 0 Å². The average molecular weight is 420 g/mol. The summed E-state index contributed by atoms with van der Waals surface area (Å²) >= 11 is 11.9. The monoisotopic (exact) mass is 419 g/mol. The molecule has 1 aromatic rings. The molecule has 2 saturated heterocycles. The fraction of sp³-hybridized carbons (Fsp3) is 0.588. The number of nitrogens with zero attached hydrogens (tertiary/aromatic N) is 2. The van der Waals surface area contributed by atoms with Crippen molar-refractivity contribution >= 4 is 39.1 Å². The number of carbonyl (C=O) groups excluding carboxylic acids is 1. The third-order valence-electron chi connectivity index (χ3n) is 5.16. The third kappa shape index (κ3) is 3.36. The molecular weight excluding hydrogens is 397 g/mol. The molecular formula is C17H23Cl2N3O3S. The van der Waals surface area contributed by atoms with Crippen molar-refractivity contribution < 1.29 is 13.2 Å². The molecule has 1 spiro atoms. The number of benzene rings is 1. The summed E-state index contributed by atoms with van der Waals surface area (Å²) in [5.74, 6) is 0.0904. The highest BCUT2D eigenvalue weighted by Gasteiger charge is 2.50. The van der Waals surface area contributed by atoms with Gasteiger partial charge in [-0.05, 0) is 44.4 Å². The highest BCUT2D eigenvalue weighted by Crippen LogP contribution is 2.35. The lowest BCUT2D eigenvalue weighted by Gasteiger charge is -2.44. The molecule has 0 aromatic heterocycles. The van der Waals surface area contributed by atoms with Gasteiger partial charge < -0.3 is 4.90 Å². The second kappa shape index (κ2) is 7.28. The van der Waals surface area contributed by atoms with Gasteiger partial charge in [0.05, 0.1) is 26.6 Å². The maximum Gasteiger partial charge on any atom is 0.243 e. The standard InChI is InChI=1S/C17H23Cl2N3O3S/c1-3-8-22-16(23)12(2)20-17(22)6-9-21(10-7-17)26(24,25)13-4-5-14(18)15(19)11-13/h4-5,11-12,20H,3,6-10H2,1-2H3/t12-/m0/s1. The number of sulfonamides is 1. The lowest BCUT2D eigenvalue weighted by atomic mass is 9.97. The quantitative estimate of drug-likeness (QED) is 0.814. The van der Waals surface area contributed by atoms with E-state index < -0.39 is 15.7 Å². The molecule has 2 heterocycles. The molecule has 26 heavy (non-hydrogen) atoms. The molecule has 0 unspecified atom stereocenters. The molecule has 1 aromatic carbocycles. The minimum atomic E-state index is -3.65. The Balaban J connectivity index is 1.79. The van der Waals surface area contributed by atoms with Gasteiger partial charge in [0.25, 0.3) is 0 Å². The second-order valence-corrected chi connectivity index (χ2v) is 9.62. The summed E-state index contributed by atoms with van der Waals surface area (Å²) in [5.41, 5.74) is -0.448. The number of hydrogen-bond acceptors (Lipinski definition) is 4. The number of piperidine rings is 1. The Kier molecular flexibility index (Phi) is 5.57. The van der Waals surface area contributed by atoms with Crippen LogP contribution in [0.25, 0.3) is 0 Å². The SMILES string of the molecule is CCCN1C(=O)[C@H](C)NC12CCN(S(=O)(=O)c1ccc(Cl)c(Cl)c1)CC2. The van der Waals surface area contributed by atoms with Crippen molar-refractivity contribution in [2.75, 3.05) is 19.6 Å². The highest BCUT2D eigenvalue weighted by atomic mass is 35.5. The van der Waals surface area contributed by atoms with E-state index in [0.717, 1.165) is 6.42 Å². The normalized spacial score (nSPS) is 23.8. The van der Waals surface area contributed by atoms with Crippen LogP contribution in [-0.4, -0.2) is 54.9 Å². The molecule has 6 nitrogen and oxygen atoms in total. The molecule has 0 saturated carbocycles. The Morgan fingerprint density at radius 1 is 1.23 bits per heavy atom. The molecule has 3 rings (SSSR count). The summed E-state index contributed by atoms with van der Waals surface area (Å²) < 4.78 is 27.3. The zero-order valence-corrected chi connectivity index (χ0v) is 17.2. The van der Waals surface area contributed by atoms with E-state index in [4.69, 9.17) is 23.2 Å². The molecule has 2 fully saturated rings. The van der Waals surface area contributed by atoms with Gasteiger partial charge in [0, 0.05) is 19.6 Å². The first kappa shape index (κ1) is 19.9. The van der Waals surface area contributed by atoms with Crippen molar-refractivity contribution in [1.82, 2.24) is 14.5 Å². The maximum atomic E-state index is 12.9. The number of rotatable bonds is 4. The highest BCUT2D eigenvalue weighted by molar-refractivity contribution is 7.89. The fourth-order valence-electron chi connectivity index (χ4n) is 3.83. The van der Waals surface area contributed by atoms with Crippen molar-refractivity contribution in [3.05, 3.63) is 28.2 Å². The van der Waals surface area contributed by atoms with Crippen LogP contribution in [-0.2, 0) is 14.8 Å². The van der Waals surface area contributed by atoms with Crippen LogP contribution in [0, 0.1) is 0 Å². The zero-order chi connectivity index (χ0) is 19.1. The van der Waals surface area contributed by atoms with Gasteiger partial charge in [-0.1, -0.05) is 30.1 Å². The first-order valence-electron chi connectivity index (χ1n) is 8.75. The van der Waals surface area contributed by atoms with Gasteiger partial charge in [0.15, 0.2) is 0 Å². The Morgan fingerprint density at radius 2 is 1.88 bits per heavy atom. The maximum absolute atomic E-state index is 12.9. The van der Waals surface area contributed by atoms with Crippen LogP contribution < -0.4 is 5.32 Å². The van der Waals surface area contributed by atoms with E-state index in [-0.39, 0.29) is 21.9 Å². The third-order valence-corrected chi connectivity index (χ3v) is 7.80. The topological polar surface area (TPSA) is 69.7 Å². The molecule has 2 aliphatic heterocycles. The van der Waals surface area contributed by atoms with E-state index in [1.807, 2.05) is 18.7 Å². The molecule has 2 aliphatic rings. The first-order chi connectivity index (χ1) is 12.2. The van der Waals surface area contributed by atoms with Crippen molar-refractivity contribution in [3.63, 3.8) is 0 Å². The van der Waals surface area contributed by atoms with Gasteiger partial charge in [-0.3, -0.25) is 10.1 Å². The molecule has 0 bridgehead atoms. The number of halogens is 2. The van der Waals surface area contributed by atoms with E-state index in [2.05, 4.69) is 5.32 Å². The Bertz CT molecular complexity index is 807. The fourth-order valence-corrected chi connectivity index (χ4v) is 5.66. The summed E-state index contributed by atoms with van der Waals surface area (Å²) in [7, 11) is -3.65. The predicted molar refractivity (Wildman–Crippen MR) is 102 cm³/mol. The molecule has 1 N–H and O–H groups in total. The van der Waals surface area contributed by atoms with Crippen LogP contribution in [0.5, 0.6) is 0 Å². The largest absolute Gasteiger partial charge is 0.323 e. The van der Waals surface area contributed by atoms with Crippen molar-refractivity contribution in [2.45, 2.75) is 49.7 Å². The van der Waals surface area contributed by atoms with Crippen LogP contribution in [0.1, 0.15) is 33.1 Å². The van der Waals surface area contributed by atoms with Gasteiger partial charge >= 0.3 is 0 Å². The average Bonchev–Trinajstić information content (AvgIpc) is 2.82. The molecule has 0 aliphatic carbocycles. The first-order valence-corrected chi connectivity index (χ1v) is 11.0. The van der Waals surface area contributed by atoms with E-state index in [0.29, 0.717) is 37.5 Å². The Hall–Kier alpha value is -0.860. The van der Waals surface area contributed by atoms with E-state index in [9.17, 15) is 13.2 Å². The summed E-state index contributed by atoms with van der Waals surface area (Å²) in [6.07, 6.45) is 1.99. The van der Waals surface area contributed by atoms with E-state index in [1.165, 1.54) is 22.5 Å². The van der Waals surface area contributed by atoms with Crippen molar-refractivity contribution in [3.8, 4) is 0 Å². The van der Waals surface area contributed by atoms with Crippen LogP contribution >= 0.6 is 23.2 Å². The summed E-state index contributed by atoms with van der Waals surface area (Å²) in [6.45, 7) is 5.26. The Morgan fingerprint density at radius 3 is 2.46 bits per heavy atom. The van der Waals surface area contributed by atoms with Gasteiger partial charge in [0.1, 0.15) is 0 Å². The predicted octanol–water partition coefficient (Wildman–Crippen LogP) is 2.70. The molecule has 9 heteroatoms. The minimum absolute atomic E-state index is 0.0904. The van der Waals surface area contributed by atoms with Crippen molar-refractivity contribution in [2.24, 2.45) is 0 Å². The number of nitrogens with one attached hydrogen (secondary N) is 1. The molecule has 1 amide bonds. The number of amides is 1. The van der Waals surface area contributed by atoms with E-state index in [1.54, 1.807) is 0 Å². The minimum Gasteiger partial charge on any atom is -0.323 e. The van der Waals surface area contributed by atoms with Gasteiger partial charge in [-0.15, -0.1) is 0 Å². The smallest absolute Gasteiger partial charge is 0.243 e. The Labute approximate surface area is 164 Å². The van der Waals surface area contributed by atoms with Crippen LogP contribution in [0.15, 0.2) is 23.1 Å². The lowest BCUT2D eigenvalue weighted by molar-refractivity contribution is -0.133. The summed E-state index contributed by atoms with van der Waals surface area (Å²) in [5, 5.41) is 3.93. The van der Waals surface area contributed by atoms with Crippen LogP contribution in [0.3, 0.4) is 0 Å². The van der Waals surface area contributed by atoms with Gasteiger partial charge in [0.2, 0.25) is 15.9 Å². The number of hydrogen-bond donors (Lipinski definition) is 1. The van der Waals surface area contributed by atoms with Crippen LogP contribution in [0.4, 0.5) is 0 Å². The summed E-state index contributed by atoms with van der Waals surface area (Å²) in [4.78, 5) is 14.5. The molecule has 144 valence electrons. The van der Waals surface area contributed by atoms with Gasteiger partial charge in [-0.25, -0.2) is 8.42 Å². The summed E-state index contributed by atoms with van der Waals surface area (Å²) in [6, 6.07) is 4.10. The second-order valence-electron chi connectivity index (χ2n) is 6.87. The lowest BCUT2D eigenvalue weighted by Crippen LogP contribution is -2.59. The number of carbonyl (C=O) groups is 1. The zero-order valence-electron chi connectivity index (χ0n) is 14.8. The molecule has 0 radical (unpaired) electrons. The van der Waals surface area contributed by atoms with E-state index >= 15 is 0 Å². The van der Waals surface area contributed by atoms with Crippen LogP contribution in [0.2, 0.25) is 10.0 Å². The van der Waals surface area contributed by atoms with Gasteiger partial charge in [-0.2, -0.15) is 4.31 Å².